The Balaban J connectivity index is 1.57. The van der Waals surface area contributed by atoms with Gasteiger partial charge in [-0.1, -0.05) is 58.4 Å². The normalized spacial score (nSPS) is 10.7. The van der Waals surface area contributed by atoms with Crippen molar-refractivity contribution in [3.05, 3.63) is 100 Å². The quantitative estimate of drug-likeness (QED) is 0.470. The molecule has 0 bridgehead atoms. The lowest BCUT2D eigenvalue weighted by atomic mass is 10.2. The van der Waals surface area contributed by atoms with Gasteiger partial charge in [0, 0.05) is 10.0 Å². The molecular weight excluding hydrogens is 392 g/mol. The lowest BCUT2D eigenvalue weighted by Gasteiger charge is -2.07. The van der Waals surface area contributed by atoms with Crippen LogP contribution in [0.4, 0.5) is 0 Å². The van der Waals surface area contributed by atoms with Crippen molar-refractivity contribution in [2.45, 2.75) is 6.61 Å². The summed E-state index contributed by atoms with van der Waals surface area (Å²) >= 11 is 3.45. The van der Waals surface area contributed by atoms with Gasteiger partial charge in [-0.05, 0) is 47.5 Å². The third-order valence-corrected chi connectivity index (χ3v) is 4.06. The molecule has 5 heteroatoms. The van der Waals surface area contributed by atoms with Gasteiger partial charge >= 0.3 is 0 Å². The number of carbonyl (C=O) groups is 1. The van der Waals surface area contributed by atoms with Crippen LogP contribution in [0.25, 0.3) is 0 Å². The minimum Gasteiger partial charge on any atom is -0.489 e. The molecule has 26 heavy (non-hydrogen) atoms. The van der Waals surface area contributed by atoms with Crippen LogP contribution in [0, 0.1) is 0 Å². The van der Waals surface area contributed by atoms with Gasteiger partial charge in [-0.15, -0.1) is 0 Å². The number of nitrogens with zero attached hydrogens (tertiary/aromatic N) is 1. The summed E-state index contributed by atoms with van der Waals surface area (Å²) in [7, 11) is 0. The number of nitrogens with one attached hydrogen (secondary N) is 1. The molecule has 0 fully saturated rings. The van der Waals surface area contributed by atoms with Gasteiger partial charge in [0.1, 0.15) is 12.4 Å². The topological polar surface area (TPSA) is 50.7 Å². The number of hydrazone groups is 1. The highest BCUT2D eigenvalue weighted by Crippen LogP contribution is 2.16. The van der Waals surface area contributed by atoms with E-state index in [0.29, 0.717) is 12.2 Å². The Morgan fingerprint density at radius 1 is 1.00 bits per heavy atom. The summed E-state index contributed by atoms with van der Waals surface area (Å²) < 4.78 is 6.84. The van der Waals surface area contributed by atoms with E-state index in [1.54, 1.807) is 18.3 Å². The molecule has 0 heterocycles. The van der Waals surface area contributed by atoms with Gasteiger partial charge in [0.2, 0.25) is 0 Å². The lowest BCUT2D eigenvalue weighted by molar-refractivity contribution is 0.0955. The average molecular weight is 409 g/mol. The molecule has 0 unspecified atom stereocenters. The van der Waals surface area contributed by atoms with Gasteiger partial charge in [0.25, 0.3) is 5.91 Å². The van der Waals surface area contributed by atoms with Crippen LogP contribution in [0.2, 0.25) is 0 Å². The summed E-state index contributed by atoms with van der Waals surface area (Å²) in [4.78, 5) is 11.9. The standard InChI is InChI=1S/C21H17BrN2O2/c22-19-10-4-7-17(12-19)15-26-20-11-5-6-16(13-20)14-23-24-21(25)18-8-2-1-3-9-18/h1-14H,15H2,(H,24,25)/b23-14-. The smallest absolute Gasteiger partial charge is 0.271 e. The fourth-order valence-electron chi connectivity index (χ4n) is 2.30. The number of hydrogen-bond acceptors (Lipinski definition) is 3. The predicted molar refractivity (Wildman–Crippen MR) is 106 cm³/mol. The third-order valence-electron chi connectivity index (χ3n) is 3.57. The van der Waals surface area contributed by atoms with Gasteiger partial charge < -0.3 is 4.74 Å². The van der Waals surface area contributed by atoms with Crippen LogP contribution in [-0.4, -0.2) is 12.1 Å². The summed E-state index contributed by atoms with van der Waals surface area (Å²) in [6.45, 7) is 0.477. The Morgan fingerprint density at radius 3 is 2.62 bits per heavy atom. The Labute approximate surface area is 160 Å². The molecule has 0 aromatic heterocycles. The molecule has 130 valence electrons. The third kappa shape index (κ3) is 5.29. The zero-order chi connectivity index (χ0) is 18.2. The zero-order valence-electron chi connectivity index (χ0n) is 13.9. The predicted octanol–water partition coefficient (Wildman–Crippen LogP) is 4.79. The second kappa shape index (κ2) is 8.97. The van der Waals surface area contributed by atoms with Crippen LogP contribution in [0.1, 0.15) is 21.5 Å². The van der Waals surface area contributed by atoms with Crippen LogP contribution in [0.15, 0.2) is 88.4 Å². The van der Waals surface area contributed by atoms with Crippen molar-refractivity contribution in [2.75, 3.05) is 0 Å². The maximum absolute atomic E-state index is 11.9. The van der Waals surface area contributed by atoms with E-state index in [2.05, 4.69) is 26.5 Å². The van der Waals surface area contributed by atoms with Crippen molar-refractivity contribution in [2.24, 2.45) is 5.10 Å². The first kappa shape index (κ1) is 17.9. The first-order valence-corrected chi connectivity index (χ1v) is 8.86. The van der Waals surface area contributed by atoms with Crippen LogP contribution in [0.3, 0.4) is 0 Å². The number of ether oxygens (including phenoxy) is 1. The second-order valence-electron chi connectivity index (χ2n) is 5.56. The highest BCUT2D eigenvalue weighted by Gasteiger charge is 2.02. The Bertz CT molecular complexity index is 911. The first-order valence-electron chi connectivity index (χ1n) is 8.06. The SMILES string of the molecule is O=C(N/N=C\c1cccc(OCc2cccc(Br)c2)c1)c1ccccc1. The van der Waals surface area contributed by atoms with Crippen molar-refractivity contribution >= 4 is 28.1 Å². The van der Waals surface area contributed by atoms with Crippen LogP contribution >= 0.6 is 15.9 Å². The number of hydrogen-bond donors (Lipinski definition) is 1. The summed E-state index contributed by atoms with van der Waals surface area (Å²) in [6.07, 6.45) is 1.59. The van der Waals surface area contributed by atoms with E-state index in [-0.39, 0.29) is 5.91 Å². The number of rotatable bonds is 6. The largest absolute Gasteiger partial charge is 0.489 e. The molecule has 0 saturated carbocycles. The average Bonchev–Trinajstić information content (AvgIpc) is 2.67. The summed E-state index contributed by atoms with van der Waals surface area (Å²) in [5, 5.41) is 4.00. The minimum atomic E-state index is -0.246. The molecular formula is C21H17BrN2O2. The van der Waals surface area contributed by atoms with Crippen molar-refractivity contribution < 1.29 is 9.53 Å². The highest BCUT2D eigenvalue weighted by atomic mass is 79.9. The molecule has 3 aromatic rings. The van der Waals surface area contributed by atoms with E-state index in [9.17, 15) is 4.79 Å². The van der Waals surface area contributed by atoms with Gasteiger partial charge in [0.05, 0.1) is 6.21 Å². The van der Waals surface area contributed by atoms with Crippen LogP contribution in [0.5, 0.6) is 5.75 Å². The van der Waals surface area contributed by atoms with Crippen molar-refractivity contribution in [3.8, 4) is 5.75 Å². The summed E-state index contributed by atoms with van der Waals surface area (Å²) in [5.41, 5.74) is 5.00. The second-order valence-corrected chi connectivity index (χ2v) is 6.47. The molecule has 3 rings (SSSR count). The molecule has 4 nitrogen and oxygen atoms in total. The minimum absolute atomic E-state index is 0.246. The first-order chi connectivity index (χ1) is 12.7. The lowest BCUT2D eigenvalue weighted by Crippen LogP contribution is -2.17. The molecule has 0 saturated heterocycles. The molecule has 0 aliphatic rings. The summed E-state index contributed by atoms with van der Waals surface area (Å²) in [6, 6.07) is 24.5. The Hall–Kier alpha value is -2.92. The Morgan fingerprint density at radius 2 is 1.81 bits per heavy atom. The molecule has 3 aromatic carbocycles. The fraction of sp³-hybridized carbons (Fsp3) is 0.0476. The molecule has 1 N–H and O–H groups in total. The van der Waals surface area contributed by atoms with E-state index in [4.69, 9.17) is 4.74 Å². The molecule has 1 amide bonds. The summed E-state index contributed by atoms with van der Waals surface area (Å²) in [5.74, 6) is 0.493. The van der Waals surface area contributed by atoms with Gasteiger partial charge in [-0.25, -0.2) is 5.43 Å². The van der Waals surface area contributed by atoms with E-state index < -0.39 is 0 Å². The van der Waals surface area contributed by atoms with Crippen molar-refractivity contribution in [3.63, 3.8) is 0 Å². The Kier molecular flexibility index (Phi) is 6.17. The number of amides is 1. The maximum atomic E-state index is 11.9. The van der Waals surface area contributed by atoms with Crippen LogP contribution < -0.4 is 10.2 Å². The molecule has 0 atom stereocenters. The number of carbonyl (C=O) groups excluding carboxylic acids is 1. The van der Waals surface area contributed by atoms with E-state index >= 15 is 0 Å². The van der Waals surface area contributed by atoms with Gasteiger partial charge in [-0.2, -0.15) is 5.10 Å². The monoisotopic (exact) mass is 408 g/mol. The number of halogens is 1. The van der Waals surface area contributed by atoms with Crippen molar-refractivity contribution in [1.29, 1.82) is 0 Å². The van der Waals surface area contributed by atoms with E-state index in [1.165, 1.54) is 0 Å². The zero-order valence-corrected chi connectivity index (χ0v) is 15.5. The van der Waals surface area contributed by atoms with Gasteiger partial charge in [0.15, 0.2) is 0 Å². The molecule has 0 aliphatic heterocycles. The van der Waals surface area contributed by atoms with E-state index in [0.717, 1.165) is 21.3 Å². The molecule has 0 aliphatic carbocycles. The van der Waals surface area contributed by atoms with Gasteiger partial charge in [-0.3, -0.25) is 4.79 Å². The van der Waals surface area contributed by atoms with Crippen molar-refractivity contribution in [1.82, 2.24) is 5.43 Å². The number of benzene rings is 3. The maximum Gasteiger partial charge on any atom is 0.271 e. The van der Waals surface area contributed by atoms with E-state index in [1.807, 2.05) is 66.7 Å². The van der Waals surface area contributed by atoms with Crippen LogP contribution in [-0.2, 0) is 6.61 Å². The molecule has 0 spiro atoms. The highest BCUT2D eigenvalue weighted by molar-refractivity contribution is 9.10. The fourth-order valence-corrected chi connectivity index (χ4v) is 2.74. The molecule has 0 radical (unpaired) electrons.